The summed E-state index contributed by atoms with van der Waals surface area (Å²) in [5.41, 5.74) is 0. The normalized spacial score (nSPS) is 13.7. The number of halogens is 1. The number of aromatic nitrogens is 3. The van der Waals surface area contributed by atoms with E-state index in [9.17, 15) is 4.79 Å². The van der Waals surface area contributed by atoms with Crippen LogP contribution in [0.4, 0.5) is 0 Å². The predicted molar refractivity (Wildman–Crippen MR) is 108 cm³/mol. The molecule has 0 radical (unpaired) electrons. The predicted octanol–water partition coefficient (Wildman–Crippen LogP) is 5.19. The molecule has 1 fully saturated rings. The Balaban J connectivity index is 1.44. The summed E-state index contributed by atoms with van der Waals surface area (Å²) in [5.74, 6) is 1.87. The number of para-hydroxylation sites is 1. The topological polar surface area (TPSA) is 57.0 Å². The molecule has 0 saturated heterocycles. The van der Waals surface area contributed by atoms with Crippen LogP contribution >= 0.6 is 34.7 Å². The molecule has 1 aliphatic rings. The molecule has 1 aliphatic carbocycles. The molecule has 4 rings (SSSR count). The Morgan fingerprint density at radius 3 is 2.81 bits per heavy atom. The van der Waals surface area contributed by atoms with Gasteiger partial charge < -0.3 is 4.74 Å². The lowest BCUT2D eigenvalue weighted by Gasteiger charge is -2.10. The summed E-state index contributed by atoms with van der Waals surface area (Å²) in [6, 6.07) is 11.6. The summed E-state index contributed by atoms with van der Waals surface area (Å²) in [5, 5.41) is 9.94. The van der Waals surface area contributed by atoms with Gasteiger partial charge in [0.1, 0.15) is 12.4 Å². The van der Waals surface area contributed by atoms with Gasteiger partial charge >= 0.3 is 0 Å². The first-order valence-electron chi connectivity index (χ1n) is 8.65. The second-order valence-electron chi connectivity index (χ2n) is 6.34. The number of carbonyl (C=O) groups excluding carboxylic acids is 1. The fourth-order valence-corrected chi connectivity index (χ4v) is 4.69. The third kappa shape index (κ3) is 4.36. The lowest BCUT2D eigenvalue weighted by molar-refractivity contribution is 0.102. The van der Waals surface area contributed by atoms with Crippen molar-refractivity contribution in [3.8, 4) is 5.75 Å². The molecular weight excluding hydrogens is 402 g/mol. The molecule has 5 nitrogen and oxygen atoms in total. The number of Topliss-reactive ketones (excluding diaryl/α,β-unsaturated/α-hetero) is 1. The highest BCUT2D eigenvalue weighted by atomic mass is 35.5. The van der Waals surface area contributed by atoms with Gasteiger partial charge in [-0.05, 0) is 44.0 Å². The molecule has 0 atom stereocenters. The minimum absolute atomic E-state index is 0.123. The average molecular weight is 420 g/mol. The first-order chi connectivity index (χ1) is 13.1. The maximum Gasteiger partial charge on any atom is 0.192 e. The van der Waals surface area contributed by atoms with E-state index in [2.05, 4.69) is 14.8 Å². The number of aryl methyl sites for hydroxylation is 1. The van der Waals surface area contributed by atoms with Crippen LogP contribution in [0.3, 0.4) is 0 Å². The van der Waals surface area contributed by atoms with E-state index >= 15 is 0 Å². The zero-order chi connectivity index (χ0) is 18.8. The minimum atomic E-state index is 0.123. The quantitative estimate of drug-likeness (QED) is 0.371. The van der Waals surface area contributed by atoms with Crippen molar-refractivity contribution in [2.45, 2.75) is 37.6 Å². The Hall–Kier alpha value is -1.83. The number of benzene rings is 1. The smallest absolute Gasteiger partial charge is 0.192 e. The fourth-order valence-electron chi connectivity index (χ4n) is 2.69. The Bertz CT molecular complexity index is 966. The third-order valence-corrected chi connectivity index (χ3v) is 6.49. The van der Waals surface area contributed by atoms with Crippen LogP contribution in [0.15, 0.2) is 41.6 Å². The van der Waals surface area contributed by atoms with Crippen LogP contribution in [0, 0.1) is 6.92 Å². The molecule has 140 valence electrons. The van der Waals surface area contributed by atoms with Gasteiger partial charge in [-0.1, -0.05) is 35.5 Å². The number of thiophene rings is 1. The number of rotatable bonds is 8. The molecule has 0 spiro atoms. The molecular formula is C19H18ClN3O2S2. The first-order valence-corrected chi connectivity index (χ1v) is 10.8. The zero-order valence-corrected chi connectivity index (χ0v) is 17.1. The number of nitrogens with zero attached hydrogens (tertiary/aromatic N) is 3. The van der Waals surface area contributed by atoms with Crippen molar-refractivity contribution < 1.29 is 9.53 Å². The summed E-state index contributed by atoms with van der Waals surface area (Å²) in [7, 11) is 0. The lowest BCUT2D eigenvalue weighted by atomic mass is 10.3. The molecule has 27 heavy (non-hydrogen) atoms. The molecule has 0 bridgehead atoms. The Kier molecular flexibility index (Phi) is 5.52. The van der Waals surface area contributed by atoms with Gasteiger partial charge in [-0.25, -0.2) is 0 Å². The second kappa shape index (κ2) is 8.04. The number of hydrogen-bond acceptors (Lipinski definition) is 6. The summed E-state index contributed by atoms with van der Waals surface area (Å²) >= 11 is 9.11. The average Bonchev–Trinajstić information content (AvgIpc) is 3.27. The van der Waals surface area contributed by atoms with E-state index in [1.165, 1.54) is 23.1 Å². The van der Waals surface area contributed by atoms with Crippen molar-refractivity contribution in [2.24, 2.45) is 0 Å². The van der Waals surface area contributed by atoms with E-state index in [-0.39, 0.29) is 5.78 Å². The van der Waals surface area contributed by atoms with Crippen molar-refractivity contribution in [1.29, 1.82) is 0 Å². The van der Waals surface area contributed by atoms with Gasteiger partial charge in [-0.15, -0.1) is 21.5 Å². The van der Waals surface area contributed by atoms with E-state index in [1.54, 1.807) is 6.07 Å². The van der Waals surface area contributed by atoms with Crippen molar-refractivity contribution >= 4 is 40.5 Å². The van der Waals surface area contributed by atoms with Gasteiger partial charge in [-0.2, -0.15) is 0 Å². The van der Waals surface area contributed by atoms with Crippen LogP contribution in [0.1, 0.15) is 39.3 Å². The van der Waals surface area contributed by atoms with E-state index in [0.29, 0.717) is 29.2 Å². The van der Waals surface area contributed by atoms with Crippen LogP contribution in [0.25, 0.3) is 0 Å². The van der Waals surface area contributed by atoms with Gasteiger partial charge in [0.05, 0.1) is 15.7 Å². The number of thioether (sulfide) groups is 1. The van der Waals surface area contributed by atoms with Crippen molar-refractivity contribution in [2.75, 3.05) is 5.75 Å². The van der Waals surface area contributed by atoms with Crippen molar-refractivity contribution in [1.82, 2.24) is 14.8 Å². The summed E-state index contributed by atoms with van der Waals surface area (Å²) in [6.45, 7) is 2.30. The number of ketones is 1. The summed E-state index contributed by atoms with van der Waals surface area (Å²) in [4.78, 5) is 14.3. The Labute approximate surface area is 170 Å². The Morgan fingerprint density at radius 1 is 1.30 bits per heavy atom. The molecule has 0 N–H and O–H groups in total. The highest BCUT2D eigenvalue weighted by molar-refractivity contribution is 7.99. The van der Waals surface area contributed by atoms with Gasteiger partial charge in [0.2, 0.25) is 0 Å². The second-order valence-corrected chi connectivity index (χ2v) is 8.98. The summed E-state index contributed by atoms with van der Waals surface area (Å²) < 4.78 is 7.93. The molecule has 8 heteroatoms. The van der Waals surface area contributed by atoms with Crippen LogP contribution < -0.4 is 4.74 Å². The maximum atomic E-state index is 12.4. The fraction of sp³-hybridized carbons (Fsp3) is 0.316. The molecule has 3 aromatic rings. The number of hydrogen-bond donors (Lipinski definition) is 0. The monoisotopic (exact) mass is 419 g/mol. The van der Waals surface area contributed by atoms with Crippen LogP contribution in [-0.4, -0.2) is 26.3 Å². The van der Waals surface area contributed by atoms with Crippen LogP contribution in [0.2, 0.25) is 5.02 Å². The molecule has 2 heterocycles. The van der Waals surface area contributed by atoms with Crippen LogP contribution in [0.5, 0.6) is 5.75 Å². The van der Waals surface area contributed by atoms with Gasteiger partial charge in [0.15, 0.2) is 16.8 Å². The van der Waals surface area contributed by atoms with E-state index in [4.69, 9.17) is 16.3 Å². The standard InChI is InChI=1S/C19H18ClN3O2S2/c1-12-6-9-17(27-12)15(24)11-26-19-22-21-18(23(19)13-7-8-13)10-25-16-5-3-2-4-14(16)20/h2-6,9,13H,7-8,10-11H2,1H3. The molecule has 0 unspecified atom stereocenters. The van der Waals surface area contributed by atoms with Gasteiger partial charge in [0, 0.05) is 10.9 Å². The molecule has 1 saturated carbocycles. The number of ether oxygens (including phenoxy) is 1. The van der Waals surface area contributed by atoms with Gasteiger partial charge in [-0.3, -0.25) is 9.36 Å². The van der Waals surface area contributed by atoms with Crippen molar-refractivity contribution in [3.63, 3.8) is 0 Å². The lowest BCUT2D eigenvalue weighted by Crippen LogP contribution is -2.08. The molecule has 0 amide bonds. The largest absolute Gasteiger partial charge is 0.484 e. The molecule has 2 aromatic heterocycles. The van der Waals surface area contributed by atoms with Crippen LogP contribution in [-0.2, 0) is 6.61 Å². The number of carbonyl (C=O) groups is 1. The summed E-state index contributed by atoms with van der Waals surface area (Å²) in [6.07, 6.45) is 2.20. The molecule has 0 aliphatic heterocycles. The van der Waals surface area contributed by atoms with Crippen molar-refractivity contribution in [3.05, 3.63) is 57.0 Å². The third-order valence-electron chi connectivity index (χ3n) is 4.19. The highest BCUT2D eigenvalue weighted by Gasteiger charge is 2.30. The van der Waals surface area contributed by atoms with E-state index in [0.717, 1.165) is 33.6 Å². The Morgan fingerprint density at radius 2 is 2.11 bits per heavy atom. The van der Waals surface area contributed by atoms with E-state index in [1.807, 2.05) is 37.3 Å². The minimum Gasteiger partial charge on any atom is -0.484 e. The SMILES string of the molecule is Cc1ccc(C(=O)CSc2nnc(COc3ccccc3Cl)n2C2CC2)s1. The zero-order valence-electron chi connectivity index (χ0n) is 14.7. The van der Waals surface area contributed by atoms with Gasteiger partial charge in [0.25, 0.3) is 0 Å². The first kappa shape index (κ1) is 18.5. The molecule has 1 aromatic carbocycles. The highest BCUT2D eigenvalue weighted by Crippen LogP contribution is 2.39. The van der Waals surface area contributed by atoms with E-state index < -0.39 is 0 Å². The maximum absolute atomic E-state index is 12.4.